The zero-order valence-corrected chi connectivity index (χ0v) is 12.9. The normalized spacial score (nSPS) is 13.6. The fourth-order valence-electron chi connectivity index (χ4n) is 1.90. The summed E-state index contributed by atoms with van der Waals surface area (Å²) in [5, 5.41) is 6.64. The number of hydrogen-bond donors (Lipinski definition) is 2. The van der Waals surface area contributed by atoms with Crippen molar-refractivity contribution in [1.82, 2.24) is 28.7 Å². The maximum atomic E-state index is 12.5. The van der Waals surface area contributed by atoms with Gasteiger partial charge in [0.1, 0.15) is 21.8 Å². The van der Waals surface area contributed by atoms with Crippen molar-refractivity contribution >= 4 is 32.8 Å². The van der Waals surface area contributed by atoms with Gasteiger partial charge in [-0.15, -0.1) is 0 Å². The van der Waals surface area contributed by atoms with E-state index in [2.05, 4.69) is 28.7 Å². The molecule has 0 spiro atoms. The molecular formula is C11H12N6O2S2. The van der Waals surface area contributed by atoms with Gasteiger partial charge in [0.15, 0.2) is 5.82 Å². The van der Waals surface area contributed by atoms with Crippen LogP contribution in [0.2, 0.25) is 0 Å². The Morgan fingerprint density at radius 3 is 2.86 bits per heavy atom. The van der Waals surface area contributed by atoms with Crippen LogP contribution in [0, 0.1) is 6.92 Å². The van der Waals surface area contributed by atoms with E-state index in [1.54, 1.807) is 26.0 Å². The first-order chi connectivity index (χ1) is 9.97. The quantitative estimate of drug-likeness (QED) is 0.744. The highest BCUT2D eigenvalue weighted by Crippen LogP contribution is 2.22. The lowest BCUT2D eigenvalue weighted by atomic mass is 10.3. The van der Waals surface area contributed by atoms with Crippen LogP contribution in [0.25, 0.3) is 11.0 Å². The molecule has 1 aromatic carbocycles. The van der Waals surface area contributed by atoms with Crippen LogP contribution in [0.5, 0.6) is 0 Å². The number of nitrogens with one attached hydrogen (secondary N) is 2. The SMILES string of the molecule is Cc1nc(C(C)NS(=O)(=O)c2cccc3nsnc23)n[nH]1. The number of rotatable bonds is 4. The first-order valence-electron chi connectivity index (χ1n) is 6.10. The largest absolute Gasteiger partial charge is 0.263 e. The molecule has 8 nitrogen and oxygen atoms in total. The molecule has 2 N–H and O–H groups in total. The van der Waals surface area contributed by atoms with Crippen LogP contribution in [0.3, 0.4) is 0 Å². The number of nitrogens with zero attached hydrogens (tertiary/aromatic N) is 4. The molecule has 0 aliphatic rings. The van der Waals surface area contributed by atoms with Gasteiger partial charge in [0.25, 0.3) is 0 Å². The molecule has 3 rings (SSSR count). The van der Waals surface area contributed by atoms with Crippen LogP contribution in [0.15, 0.2) is 23.1 Å². The van der Waals surface area contributed by atoms with Crippen molar-refractivity contribution in [3.05, 3.63) is 29.8 Å². The standard InChI is InChI=1S/C11H12N6O2S2/c1-6(11-12-7(2)13-14-11)17-21(18,19)9-5-3-4-8-10(9)16-20-15-8/h3-6,17H,1-2H3,(H,12,13,14). The highest BCUT2D eigenvalue weighted by Gasteiger charge is 2.23. The minimum Gasteiger partial charge on any atom is -0.263 e. The minimum atomic E-state index is -3.73. The summed E-state index contributed by atoms with van der Waals surface area (Å²) in [4.78, 5) is 4.23. The van der Waals surface area contributed by atoms with Gasteiger partial charge in [0, 0.05) is 0 Å². The van der Waals surface area contributed by atoms with E-state index in [0.717, 1.165) is 11.7 Å². The minimum absolute atomic E-state index is 0.104. The Bertz CT molecular complexity index is 885. The molecule has 0 saturated heterocycles. The Labute approximate surface area is 125 Å². The molecule has 0 bridgehead atoms. The van der Waals surface area contributed by atoms with Gasteiger partial charge in [-0.3, -0.25) is 5.10 Å². The van der Waals surface area contributed by atoms with E-state index in [9.17, 15) is 8.42 Å². The molecule has 0 amide bonds. The number of aromatic nitrogens is 5. The summed E-state index contributed by atoms with van der Waals surface area (Å²) in [6.07, 6.45) is 0. The number of fused-ring (bicyclic) bond motifs is 1. The summed E-state index contributed by atoms with van der Waals surface area (Å²) in [6, 6.07) is 4.31. The predicted octanol–water partition coefficient (Wildman–Crippen LogP) is 1.16. The van der Waals surface area contributed by atoms with Crippen LogP contribution in [0.4, 0.5) is 0 Å². The van der Waals surface area contributed by atoms with E-state index in [0.29, 0.717) is 22.7 Å². The zero-order valence-electron chi connectivity index (χ0n) is 11.2. The van der Waals surface area contributed by atoms with Crippen LogP contribution >= 0.6 is 11.7 Å². The average Bonchev–Trinajstić information content (AvgIpc) is 3.05. The van der Waals surface area contributed by atoms with Gasteiger partial charge in [-0.25, -0.2) is 18.1 Å². The molecule has 1 atom stereocenters. The van der Waals surface area contributed by atoms with Crippen molar-refractivity contribution in [1.29, 1.82) is 0 Å². The first-order valence-corrected chi connectivity index (χ1v) is 8.31. The molecule has 110 valence electrons. The topological polar surface area (TPSA) is 114 Å². The summed E-state index contributed by atoms with van der Waals surface area (Å²) in [6.45, 7) is 3.43. The van der Waals surface area contributed by atoms with E-state index < -0.39 is 16.1 Å². The predicted molar refractivity (Wildman–Crippen MR) is 77.3 cm³/mol. The number of aryl methyl sites for hydroxylation is 1. The summed E-state index contributed by atoms with van der Waals surface area (Å²) in [7, 11) is -3.73. The average molecular weight is 324 g/mol. The number of hydrogen-bond acceptors (Lipinski definition) is 7. The van der Waals surface area contributed by atoms with E-state index in [-0.39, 0.29) is 4.90 Å². The molecule has 0 aliphatic carbocycles. The van der Waals surface area contributed by atoms with Crippen molar-refractivity contribution in [2.24, 2.45) is 0 Å². The molecular weight excluding hydrogens is 312 g/mol. The molecule has 3 aromatic rings. The number of benzene rings is 1. The van der Waals surface area contributed by atoms with Gasteiger partial charge in [-0.1, -0.05) is 6.07 Å². The molecule has 0 fully saturated rings. The maximum Gasteiger partial charge on any atom is 0.243 e. The number of H-pyrrole nitrogens is 1. The summed E-state index contributed by atoms with van der Waals surface area (Å²) >= 11 is 0.980. The van der Waals surface area contributed by atoms with E-state index in [1.165, 1.54) is 6.07 Å². The molecule has 0 radical (unpaired) electrons. The van der Waals surface area contributed by atoms with E-state index >= 15 is 0 Å². The van der Waals surface area contributed by atoms with Crippen molar-refractivity contribution < 1.29 is 8.42 Å². The second-order valence-corrected chi connectivity index (χ2v) is 6.72. The van der Waals surface area contributed by atoms with Crippen LogP contribution in [-0.2, 0) is 10.0 Å². The van der Waals surface area contributed by atoms with Crippen molar-refractivity contribution in [2.45, 2.75) is 24.8 Å². The molecule has 21 heavy (non-hydrogen) atoms. The monoisotopic (exact) mass is 324 g/mol. The van der Waals surface area contributed by atoms with Crippen molar-refractivity contribution in [2.75, 3.05) is 0 Å². The fourth-order valence-corrected chi connectivity index (χ4v) is 3.87. The van der Waals surface area contributed by atoms with Crippen LogP contribution in [0.1, 0.15) is 24.6 Å². The lowest BCUT2D eigenvalue weighted by Gasteiger charge is -2.11. The lowest BCUT2D eigenvalue weighted by molar-refractivity contribution is 0.561. The Balaban J connectivity index is 1.95. The van der Waals surface area contributed by atoms with Gasteiger partial charge in [-0.05, 0) is 26.0 Å². The highest BCUT2D eigenvalue weighted by atomic mass is 32.2. The summed E-state index contributed by atoms with van der Waals surface area (Å²) in [5.41, 5.74) is 0.928. The van der Waals surface area contributed by atoms with Gasteiger partial charge >= 0.3 is 0 Å². The second kappa shape index (κ2) is 5.13. The Morgan fingerprint density at radius 2 is 2.14 bits per heavy atom. The van der Waals surface area contributed by atoms with Crippen molar-refractivity contribution in [3.63, 3.8) is 0 Å². The maximum absolute atomic E-state index is 12.5. The van der Waals surface area contributed by atoms with E-state index in [4.69, 9.17) is 0 Å². The zero-order chi connectivity index (χ0) is 15.0. The smallest absolute Gasteiger partial charge is 0.243 e. The third-order valence-corrected chi connectivity index (χ3v) is 4.99. The first kappa shape index (κ1) is 14.0. The highest BCUT2D eigenvalue weighted by molar-refractivity contribution is 7.89. The Kier molecular flexibility index (Phi) is 3.43. The summed E-state index contributed by atoms with van der Waals surface area (Å²) in [5.74, 6) is 1.02. The van der Waals surface area contributed by atoms with Gasteiger partial charge in [-0.2, -0.15) is 13.8 Å². The Hall–Kier alpha value is -1.91. The summed E-state index contributed by atoms with van der Waals surface area (Å²) < 4.78 is 35.6. The van der Waals surface area contributed by atoms with Crippen molar-refractivity contribution in [3.8, 4) is 0 Å². The fraction of sp³-hybridized carbons (Fsp3) is 0.273. The van der Waals surface area contributed by atoms with Gasteiger partial charge in [0.05, 0.1) is 17.8 Å². The van der Waals surface area contributed by atoms with Gasteiger partial charge < -0.3 is 0 Å². The van der Waals surface area contributed by atoms with Crippen LogP contribution in [-0.4, -0.2) is 32.3 Å². The molecule has 2 aromatic heterocycles. The second-order valence-electron chi connectivity index (χ2n) is 4.51. The third-order valence-electron chi connectivity index (χ3n) is 2.87. The number of sulfonamides is 1. The van der Waals surface area contributed by atoms with E-state index in [1.807, 2.05) is 0 Å². The van der Waals surface area contributed by atoms with Gasteiger partial charge in [0.2, 0.25) is 10.0 Å². The molecule has 10 heteroatoms. The lowest BCUT2D eigenvalue weighted by Crippen LogP contribution is -2.27. The van der Waals surface area contributed by atoms with Crippen LogP contribution < -0.4 is 4.72 Å². The third kappa shape index (κ3) is 2.64. The molecule has 2 heterocycles. The molecule has 0 saturated carbocycles. The molecule has 1 unspecified atom stereocenters. The Morgan fingerprint density at radius 1 is 1.33 bits per heavy atom. The molecule has 0 aliphatic heterocycles. The number of aromatic amines is 1.